The summed E-state index contributed by atoms with van der Waals surface area (Å²) >= 11 is 6.19. The number of nitrogens with zero attached hydrogens (tertiary/aromatic N) is 1. The normalized spacial score (nSPS) is 13.1. The second-order valence-electron chi connectivity index (χ2n) is 5.50. The first-order valence-corrected chi connectivity index (χ1v) is 7.36. The summed E-state index contributed by atoms with van der Waals surface area (Å²) in [6.45, 7) is 5.15. The molecule has 20 heavy (non-hydrogen) atoms. The van der Waals surface area contributed by atoms with Crippen LogP contribution in [0.4, 0.5) is 0 Å². The zero-order chi connectivity index (χ0) is 14.5. The van der Waals surface area contributed by atoms with Gasteiger partial charge in [0, 0.05) is 29.2 Å². The van der Waals surface area contributed by atoms with Gasteiger partial charge in [0.1, 0.15) is 0 Å². The predicted octanol–water partition coefficient (Wildman–Crippen LogP) is 3.38. The van der Waals surface area contributed by atoms with Gasteiger partial charge in [-0.15, -0.1) is 0 Å². The lowest BCUT2D eigenvalue weighted by Crippen LogP contribution is -2.33. The van der Waals surface area contributed by atoms with Crippen molar-refractivity contribution in [1.82, 2.24) is 10.3 Å². The largest absolute Gasteiger partial charge is 0.395 e. The molecule has 108 valence electrons. The van der Waals surface area contributed by atoms with Gasteiger partial charge in [-0.25, -0.2) is 0 Å². The first-order chi connectivity index (χ1) is 9.61. The van der Waals surface area contributed by atoms with Gasteiger partial charge in [0.05, 0.1) is 12.1 Å². The number of nitrogens with one attached hydrogen (secondary N) is 1. The third kappa shape index (κ3) is 3.69. The van der Waals surface area contributed by atoms with Crippen molar-refractivity contribution in [3.05, 3.63) is 41.0 Å². The zero-order valence-corrected chi connectivity index (χ0v) is 12.7. The Morgan fingerprint density at radius 2 is 2.10 bits per heavy atom. The topological polar surface area (TPSA) is 45.1 Å². The minimum absolute atomic E-state index is 0.115. The van der Waals surface area contributed by atoms with Gasteiger partial charge < -0.3 is 10.4 Å². The highest BCUT2D eigenvalue weighted by atomic mass is 35.5. The van der Waals surface area contributed by atoms with Gasteiger partial charge in [-0.3, -0.25) is 4.98 Å². The van der Waals surface area contributed by atoms with Gasteiger partial charge >= 0.3 is 0 Å². The van der Waals surface area contributed by atoms with Crippen LogP contribution in [0.5, 0.6) is 0 Å². The Morgan fingerprint density at radius 3 is 2.80 bits per heavy atom. The molecular weight excluding hydrogens is 272 g/mol. The third-order valence-electron chi connectivity index (χ3n) is 3.36. The molecule has 0 saturated heterocycles. The highest BCUT2D eigenvalue weighted by molar-refractivity contribution is 6.35. The van der Waals surface area contributed by atoms with Crippen LogP contribution in [0.15, 0.2) is 30.5 Å². The Bertz CT molecular complexity index is 571. The second kappa shape index (κ2) is 7.02. The van der Waals surface area contributed by atoms with E-state index in [1.54, 1.807) is 6.20 Å². The van der Waals surface area contributed by atoms with Crippen molar-refractivity contribution in [3.63, 3.8) is 0 Å². The molecule has 0 fully saturated rings. The third-order valence-corrected chi connectivity index (χ3v) is 3.69. The molecule has 1 aromatic heterocycles. The maximum atomic E-state index is 9.41. The Kier molecular flexibility index (Phi) is 5.35. The van der Waals surface area contributed by atoms with Crippen molar-refractivity contribution in [3.8, 4) is 0 Å². The van der Waals surface area contributed by atoms with Crippen LogP contribution in [0, 0.1) is 5.92 Å². The van der Waals surface area contributed by atoms with Crippen molar-refractivity contribution in [2.45, 2.75) is 32.9 Å². The van der Waals surface area contributed by atoms with Crippen molar-refractivity contribution in [2.75, 3.05) is 6.61 Å². The van der Waals surface area contributed by atoms with E-state index < -0.39 is 0 Å². The standard InChI is InChI=1S/C16H21ClN2O/c1-11(2)8-13(10-20)19-9-12-5-6-15(17)14-4-3-7-18-16(12)14/h3-7,11,13,19-20H,8-10H2,1-2H3. The maximum Gasteiger partial charge on any atom is 0.0761 e. The van der Waals surface area contributed by atoms with Crippen LogP contribution >= 0.6 is 11.6 Å². The SMILES string of the molecule is CC(C)CC(CO)NCc1ccc(Cl)c2cccnc12. The van der Waals surface area contributed by atoms with Gasteiger partial charge in [-0.05, 0) is 36.1 Å². The molecule has 0 aliphatic rings. The molecule has 4 heteroatoms. The van der Waals surface area contributed by atoms with Crippen LogP contribution in [0.3, 0.4) is 0 Å². The van der Waals surface area contributed by atoms with Crippen LogP contribution < -0.4 is 5.32 Å². The van der Waals surface area contributed by atoms with E-state index in [9.17, 15) is 5.11 Å². The predicted molar refractivity (Wildman–Crippen MR) is 83.9 cm³/mol. The summed E-state index contributed by atoms with van der Waals surface area (Å²) in [5, 5.41) is 14.5. The fraction of sp³-hybridized carbons (Fsp3) is 0.438. The highest BCUT2D eigenvalue weighted by Crippen LogP contribution is 2.24. The molecule has 0 aliphatic heterocycles. The summed E-state index contributed by atoms with van der Waals surface area (Å²) in [6.07, 6.45) is 2.73. The van der Waals surface area contributed by atoms with Gasteiger partial charge in [0.15, 0.2) is 0 Å². The summed E-state index contributed by atoms with van der Waals surface area (Å²) in [4.78, 5) is 4.42. The minimum Gasteiger partial charge on any atom is -0.395 e. The van der Waals surface area contributed by atoms with Crippen LogP contribution in [0.25, 0.3) is 10.9 Å². The van der Waals surface area contributed by atoms with E-state index >= 15 is 0 Å². The van der Waals surface area contributed by atoms with Gasteiger partial charge in [0.25, 0.3) is 0 Å². The first-order valence-electron chi connectivity index (χ1n) is 6.98. The smallest absolute Gasteiger partial charge is 0.0761 e. The molecule has 0 aliphatic carbocycles. The molecule has 1 unspecified atom stereocenters. The molecule has 2 rings (SSSR count). The summed E-state index contributed by atoms with van der Waals surface area (Å²) < 4.78 is 0. The fourth-order valence-corrected chi connectivity index (χ4v) is 2.60. The molecule has 0 bridgehead atoms. The van der Waals surface area contributed by atoms with Gasteiger partial charge in [-0.1, -0.05) is 31.5 Å². The van der Waals surface area contributed by atoms with Crippen molar-refractivity contribution in [2.24, 2.45) is 5.92 Å². The van der Waals surface area contributed by atoms with E-state index in [0.29, 0.717) is 12.5 Å². The fourth-order valence-electron chi connectivity index (χ4n) is 2.38. The number of rotatable bonds is 6. The summed E-state index contributed by atoms with van der Waals surface area (Å²) in [5.41, 5.74) is 2.03. The Hall–Kier alpha value is -1.16. The zero-order valence-electron chi connectivity index (χ0n) is 11.9. The van der Waals surface area contributed by atoms with Crippen molar-refractivity contribution < 1.29 is 5.11 Å². The number of hydrogen-bond donors (Lipinski definition) is 2. The average Bonchev–Trinajstić information content (AvgIpc) is 2.45. The summed E-state index contributed by atoms with van der Waals surface area (Å²) in [6, 6.07) is 7.88. The van der Waals surface area contributed by atoms with Crippen molar-refractivity contribution in [1.29, 1.82) is 0 Å². The minimum atomic E-state index is 0.115. The molecule has 1 heterocycles. The lowest BCUT2D eigenvalue weighted by molar-refractivity contribution is 0.223. The van der Waals surface area contributed by atoms with E-state index in [2.05, 4.69) is 24.1 Å². The van der Waals surface area contributed by atoms with E-state index in [1.807, 2.05) is 24.3 Å². The molecule has 0 amide bonds. The number of aliphatic hydroxyl groups excluding tert-OH is 1. The molecule has 1 atom stereocenters. The maximum absolute atomic E-state index is 9.41. The summed E-state index contributed by atoms with van der Waals surface area (Å²) in [5.74, 6) is 0.555. The summed E-state index contributed by atoms with van der Waals surface area (Å²) in [7, 11) is 0. The number of pyridine rings is 1. The number of benzene rings is 1. The van der Waals surface area contributed by atoms with Crippen LogP contribution in [0.1, 0.15) is 25.8 Å². The number of aliphatic hydroxyl groups is 1. The first kappa shape index (κ1) is 15.2. The molecule has 3 nitrogen and oxygen atoms in total. The van der Waals surface area contributed by atoms with Crippen molar-refractivity contribution >= 4 is 22.5 Å². The van der Waals surface area contributed by atoms with Gasteiger partial charge in [-0.2, -0.15) is 0 Å². The number of halogens is 1. The van der Waals surface area contributed by atoms with Crippen LogP contribution in [-0.4, -0.2) is 22.7 Å². The lowest BCUT2D eigenvalue weighted by atomic mass is 10.0. The average molecular weight is 293 g/mol. The van der Waals surface area contributed by atoms with E-state index in [0.717, 1.165) is 27.9 Å². The molecule has 0 radical (unpaired) electrons. The highest BCUT2D eigenvalue weighted by Gasteiger charge is 2.11. The monoisotopic (exact) mass is 292 g/mol. The van der Waals surface area contributed by atoms with E-state index in [4.69, 9.17) is 11.6 Å². The lowest BCUT2D eigenvalue weighted by Gasteiger charge is -2.18. The number of hydrogen-bond acceptors (Lipinski definition) is 3. The number of aromatic nitrogens is 1. The Morgan fingerprint density at radius 1 is 1.30 bits per heavy atom. The molecule has 0 spiro atoms. The Labute approximate surface area is 125 Å². The molecule has 0 saturated carbocycles. The van der Waals surface area contributed by atoms with E-state index in [-0.39, 0.29) is 12.6 Å². The molecule has 2 aromatic rings. The quantitative estimate of drug-likeness (QED) is 0.858. The second-order valence-corrected chi connectivity index (χ2v) is 5.90. The van der Waals surface area contributed by atoms with E-state index in [1.165, 1.54) is 0 Å². The molecule has 2 N–H and O–H groups in total. The van der Waals surface area contributed by atoms with Crippen LogP contribution in [0.2, 0.25) is 5.02 Å². The van der Waals surface area contributed by atoms with Gasteiger partial charge in [0.2, 0.25) is 0 Å². The molecule has 1 aromatic carbocycles. The Balaban J connectivity index is 2.16. The number of fused-ring (bicyclic) bond motifs is 1. The van der Waals surface area contributed by atoms with Crippen LogP contribution in [-0.2, 0) is 6.54 Å². The molecular formula is C16H21ClN2O.